The maximum Gasteiger partial charge on any atom is 0.177 e. The van der Waals surface area contributed by atoms with Crippen molar-refractivity contribution >= 4 is 37.2 Å². The fourth-order valence-corrected chi connectivity index (χ4v) is 3.49. The summed E-state index contributed by atoms with van der Waals surface area (Å²) >= 11 is 3.43. The van der Waals surface area contributed by atoms with E-state index in [0.717, 1.165) is 21.9 Å². The van der Waals surface area contributed by atoms with Gasteiger partial charge < -0.3 is 5.32 Å². The summed E-state index contributed by atoms with van der Waals surface area (Å²) < 4.78 is 24.8. The number of hydrogen-bond acceptors (Lipinski definition) is 4. The van der Waals surface area contributed by atoms with Crippen molar-refractivity contribution in [2.45, 2.75) is 25.3 Å². The Hall–Kier alpha value is -1.66. The minimum Gasteiger partial charge on any atom is -0.380 e. The molecule has 6 heteroatoms. The van der Waals surface area contributed by atoms with E-state index in [2.05, 4.69) is 21.2 Å². The number of hydrogen-bond donors (Lipinski definition) is 1. The Morgan fingerprint density at radius 2 is 1.87 bits per heavy atom. The lowest BCUT2D eigenvalue weighted by Crippen LogP contribution is -2.08. The number of halogens is 1. The number of nitrogens with one attached hydrogen (secondary N) is 1. The van der Waals surface area contributed by atoms with Crippen molar-refractivity contribution in [3.8, 4) is 0 Å². The third kappa shape index (κ3) is 4.42. The van der Waals surface area contributed by atoms with Crippen molar-refractivity contribution in [2.24, 2.45) is 0 Å². The van der Waals surface area contributed by atoms with Crippen LogP contribution in [0.3, 0.4) is 0 Å². The van der Waals surface area contributed by atoms with Gasteiger partial charge in [-0.05, 0) is 55.3 Å². The molecule has 4 nitrogen and oxygen atoms in total. The van der Waals surface area contributed by atoms with Crippen LogP contribution in [0.5, 0.6) is 0 Å². The average Bonchev–Trinajstić information content (AvgIpc) is 2.46. The summed E-state index contributed by atoms with van der Waals surface area (Å²) in [5.74, 6) is -0.105. The number of Topliss-reactive ketones (excluding diaryl/α,β-unsaturated/α-hetero) is 1. The van der Waals surface area contributed by atoms with Gasteiger partial charge in [-0.1, -0.05) is 22.0 Å². The first-order chi connectivity index (χ1) is 10.7. The number of carbonyl (C=O) groups is 1. The van der Waals surface area contributed by atoms with Gasteiger partial charge in [-0.25, -0.2) is 8.42 Å². The van der Waals surface area contributed by atoms with Gasteiger partial charge in [0.1, 0.15) is 0 Å². The molecular weight excluding hydrogens is 378 g/mol. The van der Waals surface area contributed by atoms with Gasteiger partial charge in [0.2, 0.25) is 0 Å². The predicted molar refractivity (Wildman–Crippen MR) is 95.8 cm³/mol. The molecule has 0 saturated heterocycles. The molecular formula is C17H18BrNO3S. The number of sulfone groups is 1. The number of aryl methyl sites for hydroxylation is 1. The zero-order valence-electron chi connectivity index (χ0n) is 13.2. The summed E-state index contributed by atoms with van der Waals surface area (Å²) in [6.45, 7) is 3.92. The van der Waals surface area contributed by atoms with Gasteiger partial charge in [0.05, 0.1) is 10.6 Å². The predicted octanol–water partition coefficient (Wildman–Crippen LogP) is 3.98. The van der Waals surface area contributed by atoms with Gasteiger partial charge in [-0.3, -0.25) is 4.79 Å². The zero-order chi connectivity index (χ0) is 17.2. The van der Waals surface area contributed by atoms with E-state index in [-0.39, 0.29) is 10.7 Å². The van der Waals surface area contributed by atoms with Crippen LogP contribution in [0, 0.1) is 6.92 Å². The summed E-state index contributed by atoms with van der Waals surface area (Å²) in [7, 11) is -3.38. The minimum absolute atomic E-state index is 0.105. The van der Waals surface area contributed by atoms with Gasteiger partial charge in [0, 0.05) is 22.8 Å². The molecule has 0 bridgehead atoms. The SMILES string of the molecule is CC(=O)c1ccc(S(C)(=O)=O)c(NCc2cc(Br)ccc2C)c1. The van der Waals surface area contributed by atoms with Crippen LogP contribution in [-0.4, -0.2) is 20.5 Å². The average molecular weight is 396 g/mol. The lowest BCUT2D eigenvalue weighted by Gasteiger charge is -2.14. The van der Waals surface area contributed by atoms with Crippen LogP contribution in [0.15, 0.2) is 45.8 Å². The lowest BCUT2D eigenvalue weighted by molar-refractivity contribution is 0.101. The largest absolute Gasteiger partial charge is 0.380 e. The molecule has 0 aromatic heterocycles. The van der Waals surface area contributed by atoms with Gasteiger partial charge in [-0.15, -0.1) is 0 Å². The molecule has 0 amide bonds. The van der Waals surface area contributed by atoms with E-state index in [1.165, 1.54) is 19.1 Å². The van der Waals surface area contributed by atoms with Crippen molar-refractivity contribution in [1.29, 1.82) is 0 Å². The van der Waals surface area contributed by atoms with E-state index in [9.17, 15) is 13.2 Å². The first kappa shape index (κ1) is 17.7. The van der Waals surface area contributed by atoms with Crippen LogP contribution < -0.4 is 5.32 Å². The molecule has 2 rings (SSSR count). The number of carbonyl (C=O) groups excluding carboxylic acids is 1. The normalized spacial score (nSPS) is 11.3. The maximum absolute atomic E-state index is 11.9. The molecule has 1 N–H and O–H groups in total. The van der Waals surface area contributed by atoms with Crippen LogP contribution in [0.1, 0.15) is 28.4 Å². The number of anilines is 1. The molecule has 2 aromatic carbocycles. The lowest BCUT2D eigenvalue weighted by atomic mass is 10.1. The first-order valence-corrected chi connectivity index (χ1v) is 9.71. The Labute approximate surface area is 145 Å². The summed E-state index contributed by atoms with van der Waals surface area (Å²) in [4.78, 5) is 11.7. The van der Waals surface area contributed by atoms with Crippen LogP contribution in [0.25, 0.3) is 0 Å². The van der Waals surface area contributed by atoms with Gasteiger partial charge in [0.15, 0.2) is 15.6 Å². The molecule has 0 fully saturated rings. The van der Waals surface area contributed by atoms with Crippen LogP contribution >= 0.6 is 15.9 Å². The van der Waals surface area contributed by atoms with Crippen molar-refractivity contribution in [2.75, 3.05) is 11.6 Å². The summed E-state index contributed by atoms with van der Waals surface area (Å²) in [6, 6.07) is 10.5. The Bertz CT molecular complexity index is 860. The molecule has 0 spiro atoms. The van der Waals surface area contributed by atoms with Crippen molar-refractivity contribution < 1.29 is 13.2 Å². The monoisotopic (exact) mass is 395 g/mol. The molecule has 0 heterocycles. The second kappa shape index (κ2) is 6.84. The Kier molecular flexibility index (Phi) is 5.26. The van der Waals surface area contributed by atoms with E-state index < -0.39 is 9.84 Å². The molecule has 0 aliphatic heterocycles. The van der Waals surface area contributed by atoms with E-state index in [4.69, 9.17) is 0 Å². The summed E-state index contributed by atoms with van der Waals surface area (Å²) in [6.07, 6.45) is 1.16. The molecule has 0 atom stereocenters. The highest BCUT2D eigenvalue weighted by Crippen LogP contribution is 2.25. The Morgan fingerprint density at radius 1 is 1.17 bits per heavy atom. The van der Waals surface area contributed by atoms with E-state index in [1.54, 1.807) is 6.07 Å². The number of benzene rings is 2. The topological polar surface area (TPSA) is 63.2 Å². The third-order valence-corrected chi connectivity index (χ3v) is 5.21. The van der Waals surface area contributed by atoms with E-state index >= 15 is 0 Å². The molecule has 0 unspecified atom stereocenters. The highest BCUT2D eigenvalue weighted by molar-refractivity contribution is 9.10. The van der Waals surface area contributed by atoms with E-state index in [0.29, 0.717) is 17.8 Å². The molecule has 0 aliphatic rings. The van der Waals surface area contributed by atoms with Crippen molar-refractivity contribution in [1.82, 2.24) is 0 Å². The van der Waals surface area contributed by atoms with Crippen LogP contribution in [-0.2, 0) is 16.4 Å². The van der Waals surface area contributed by atoms with Gasteiger partial charge in [0.25, 0.3) is 0 Å². The Balaban J connectivity index is 2.39. The number of rotatable bonds is 5. The molecule has 0 saturated carbocycles. The molecule has 122 valence electrons. The molecule has 2 aromatic rings. The van der Waals surface area contributed by atoms with Crippen molar-refractivity contribution in [3.05, 3.63) is 57.6 Å². The van der Waals surface area contributed by atoms with Crippen molar-refractivity contribution in [3.63, 3.8) is 0 Å². The second-order valence-corrected chi connectivity index (χ2v) is 8.36. The third-order valence-electron chi connectivity index (χ3n) is 3.57. The second-order valence-electron chi connectivity index (χ2n) is 5.46. The van der Waals surface area contributed by atoms with Gasteiger partial charge >= 0.3 is 0 Å². The quantitative estimate of drug-likeness (QED) is 0.777. The standard InChI is InChI=1S/C17H18BrNO3S/c1-11-4-6-15(18)8-14(11)10-19-16-9-13(12(2)20)5-7-17(16)23(3,21)22/h4-9,19H,10H2,1-3H3. The molecule has 0 radical (unpaired) electrons. The highest BCUT2D eigenvalue weighted by Gasteiger charge is 2.15. The zero-order valence-corrected chi connectivity index (χ0v) is 15.6. The Morgan fingerprint density at radius 3 is 2.48 bits per heavy atom. The summed E-state index contributed by atoms with van der Waals surface area (Å²) in [5.41, 5.74) is 3.07. The fraction of sp³-hybridized carbons (Fsp3) is 0.235. The first-order valence-electron chi connectivity index (χ1n) is 7.02. The van der Waals surface area contributed by atoms with Gasteiger partial charge in [-0.2, -0.15) is 0 Å². The minimum atomic E-state index is -3.38. The maximum atomic E-state index is 11.9. The van der Waals surface area contributed by atoms with E-state index in [1.807, 2.05) is 25.1 Å². The molecule has 23 heavy (non-hydrogen) atoms. The highest BCUT2D eigenvalue weighted by atomic mass is 79.9. The fourth-order valence-electron chi connectivity index (χ4n) is 2.23. The number of ketones is 1. The van der Waals surface area contributed by atoms with Crippen LogP contribution in [0.4, 0.5) is 5.69 Å². The van der Waals surface area contributed by atoms with Crippen LogP contribution in [0.2, 0.25) is 0 Å². The summed E-state index contributed by atoms with van der Waals surface area (Å²) in [5, 5.41) is 3.15. The molecule has 0 aliphatic carbocycles. The smallest absolute Gasteiger partial charge is 0.177 e.